The minimum absolute atomic E-state index is 0.0961. The Labute approximate surface area is 458 Å². The van der Waals surface area contributed by atoms with E-state index in [0.29, 0.717) is 40.8 Å². The number of aryl methyl sites for hydroxylation is 3. The highest BCUT2D eigenvalue weighted by Crippen LogP contribution is 2.43. The zero-order valence-electron chi connectivity index (χ0n) is 53.0. The lowest BCUT2D eigenvalue weighted by Crippen LogP contribution is -2.23. The second-order valence-electron chi connectivity index (χ2n) is 22.0. The molecule has 0 atom stereocenters. The molecular formula is C71H71N3O. The molecule has 75 heavy (non-hydrogen) atoms. The molecule has 0 aliphatic heterocycles. The fourth-order valence-electron chi connectivity index (χ4n) is 11.1. The molecule has 11 rings (SSSR count). The van der Waals surface area contributed by atoms with Gasteiger partial charge in [0.1, 0.15) is 11.2 Å². The highest BCUT2D eigenvalue weighted by Gasteiger charge is 2.27. The molecule has 4 heterocycles. The van der Waals surface area contributed by atoms with Crippen LogP contribution in [-0.4, -0.2) is 15.0 Å². The van der Waals surface area contributed by atoms with E-state index in [2.05, 4.69) is 45.9 Å². The summed E-state index contributed by atoms with van der Waals surface area (Å²) >= 11 is 0. The molecule has 10 aromatic rings. The van der Waals surface area contributed by atoms with E-state index in [0.717, 1.165) is 93.2 Å². The molecule has 1 saturated carbocycles. The highest BCUT2D eigenvalue weighted by molar-refractivity contribution is 6.10. The number of pyridine rings is 3. The van der Waals surface area contributed by atoms with Crippen molar-refractivity contribution < 1.29 is 16.8 Å². The molecule has 6 aromatic carbocycles. The van der Waals surface area contributed by atoms with Gasteiger partial charge in [0.05, 0.1) is 17.1 Å². The zero-order chi connectivity index (χ0) is 59.6. The molecule has 0 amide bonds. The Hall–Kier alpha value is -7.43. The third kappa shape index (κ3) is 10.6. The summed E-state index contributed by atoms with van der Waals surface area (Å²) < 4.78 is 93.2. The van der Waals surface area contributed by atoms with Gasteiger partial charge in [-0.1, -0.05) is 200 Å². The third-order valence-corrected chi connectivity index (χ3v) is 15.3. The molecule has 0 N–H and O–H groups in total. The van der Waals surface area contributed by atoms with Crippen molar-refractivity contribution in [1.82, 2.24) is 15.0 Å². The van der Waals surface area contributed by atoms with Gasteiger partial charge in [-0.25, -0.2) is 0 Å². The number of hydrogen-bond donors (Lipinski definition) is 0. The molecule has 4 nitrogen and oxygen atoms in total. The number of para-hydroxylation sites is 2. The lowest BCUT2D eigenvalue weighted by Gasteiger charge is -2.28. The average Bonchev–Trinajstić information content (AvgIpc) is 1.58. The van der Waals surface area contributed by atoms with Crippen molar-refractivity contribution in [1.29, 1.82) is 0 Å². The Morgan fingerprint density at radius 2 is 1.15 bits per heavy atom. The SMILES string of the molecule is [2H]C([2H])([2H])c1cc(C([2H])(C)C)ccc1-c1cc(-c2cccc3c2oc2c(C4([2H])CCCCC4)cccc23)ncc1C([2H])([2H])C([2H])([2H])c1cc(CC(C)(C)c2ccc(-c3ccccc3)nc2)cc(CC(C)(C)c2ccc(-c3ccccc3)nc2)c1. The quantitative estimate of drug-likeness (QED) is 0.103. The van der Waals surface area contributed by atoms with Gasteiger partial charge < -0.3 is 4.42 Å². The summed E-state index contributed by atoms with van der Waals surface area (Å²) in [6.45, 7) is 9.20. The van der Waals surface area contributed by atoms with Crippen LogP contribution in [0.4, 0.5) is 0 Å². The minimum atomic E-state index is -2.86. The Morgan fingerprint density at radius 1 is 0.560 bits per heavy atom. The standard InChI is InChI=1S/C71H71N3O/c1-47(2)55-31-34-59(48(3)37-55)64-41-67(63-28-18-27-62-61-26-17-25-60(68(61)75-69(62)63)52-19-11-8-12-20-52)72-44-56(64)30-29-49-38-50(42-70(4,5)57-32-35-65(73-45-57)53-21-13-9-14-22-53)40-51(39-49)43-71(6,7)58-33-36-66(74-46-58)54-23-15-10-16-24-54/h9-10,13-18,21-28,31-41,44-47,52H,8,11-12,19-20,29-30,42-43H2,1-7H3/i3D3,29D2,30D2,47D,52D. The van der Waals surface area contributed by atoms with E-state index in [1.807, 2.05) is 122 Å². The lowest BCUT2D eigenvalue weighted by molar-refractivity contribution is 0.442. The summed E-state index contributed by atoms with van der Waals surface area (Å²) in [4.78, 5) is 14.7. The van der Waals surface area contributed by atoms with E-state index in [4.69, 9.17) is 24.9 Å². The highest BCUT2D eigenvalue weighted by atomic mass is 16.3. The van der Waals surface area contributed by atoms with Gasteiger partial charge in [0.25, 0.3) is 0 Å². The van der Waals surface area contributed by atoms with Crippen molar-refractivity contribution in [3.8, 4) is 44.9 Å². The largest absolute Gasteiger partial charge is 0.455 e. The number of rotatable bonds is 15. The predicted octanol–water partition coefficient (Wildman–Crippen LogP) is 18.7. The first kappa shape index (κ1) is 40.0. The van der Waals surface area contributed by atoms with Crippen LogP contribution in [0.2, 0.25) is 0 Å². The summed E-state index contributed by atoms with van der Waals surface area (Å²) in [6.07, 6.45) is 4.95. The molecule has 4 heteroatoms. The summed E-state index contributed by atoms with van der Waals surface area (Å²) in [5, 5.41) is 1.68. The molecule has 376 valence electrons. The van der Waals surface area contributed by atoms with E-state index in [1.165, 1.54) is 12.3 Å². The van der Waals surface area contributed by atoms with Crippen LogP contribution in [0.5, 0.6) is 0 Å². The number of hydrogen-bond acceptors (Lipinski definition) is 4. The second-order valence-corrected chi connectivity index (χ2v) is 22.0. The van der Waals surface area contributed by atoms with E-state index in [9.17, 15) is 6.85 Å². The van der Waals surface area contributed by atoms with E-state index >= 15 is 0 Å². The van der Waals surface area contributed by atoms with Crippen LogP contribution in [-0.2, 0) is 36.4 Å². The van der Waals surface area contributed by atoms with Crippen LogP contribution in [0.3, 0.4) is 0 Å². The van der Waals surface area contributed by atoms with Crippen LogP contribution in [0.15, 0.2) is 187 Å². The molecule has 0 radical (unpaired) electrons. The van der Waals surface area contributed by atoms with Crippen molar-refractivity contribution >= 4 is 21.9 Å². The van der Waals surface area contributed by atoms with Crippen LogP contribution in [0.25, 0.3) is 66.8 Å². The fourth-order valence-corrected chi connectivity index (χ4v) is 11.1. The maximum absolute atomic E-state index is 10.3. The first-order chi connectivity index (χ1) is 39.7. The molecule has 0 saturated heterocycles. The molecule has 4 aromatic heterocycles. The van der Waals surface area contributed by atoms with Crippen LogP contribution >= 0.6 is 0 Å². The van der Waals surface area contributed by atoms with Gasteiger partial charge in [0.15, 0.2) is 0 Å². The van der Waals surface area contributed by atoms with Gasteiger partial charge in [-0.3, -0.25) is 15.0 Å². The molecule has 1 aliphatic rings. The second kappa shape index (κ2) is 21.1. The Morgan fingerprint density at radius 3 is 1.73 bits per heavy atom. The topological polar surface area (TPSA) is 51.8 Å². The van der Waals surface area contributed by atoms with Crippen LogP contribution < -0.4 is 0 Å². The smallest absolute Gasteiger partial charge is 0.144 e. The number of benzene rings is 6. The van der Waals surface area contributed by atoms with Crippen molar-refractivity contribution in [3.63, 3.8) is 0 Å². The van der Waals surface area contributed by atoms with Gasteiger partial charge in [0.2, 0.25) is 0 Å². The Balaban J connectivity index is 1.05. The molecule has 1 fully saturated rings. The summed E-state index contributed by atoms with van der Waals surface area (Å²) in [5.41, 5.74) is 9.89. The van der Waals surface area contributed by atoms with Crippen molar-refractivity contribution in [2.75, 3.05) is 0 Å². The first-order valence-corrected chi connectivity index (χ1v) is 26.5. The van der Waals surface area contributed by atoms with E-state index < -0.39 is 42.2 Å². The number of aromatic nitrogens is 3. The summed E-state index contributed by atoms with van der Waals surface area (Å²) in [7, 11) is 0. The number of nitrogens with zero attached hydrogens (tertiary/aromatic N) is 3. The lowest BCUT2D eigenvalue weighted by atomic mass is 9.77. The van der Waals surface area contributed by atoms with E-state index in [-0.39, 0.29) is 27.8 Å². The monoisotopic (exact) mass is 991 g/mol. The summed E-state index contributed by atoms with van der Waals surface area (Å²) in [5.74, 6) is -1.97. The Bertz CT molecular complexity index is 3910. The molecule has 0 unspecified atom stereocenters. The average molecular weight is 991 g/mol. The molecule has 1 aliphatic carbocycles. The fraction of sp³-hybridized carbons (Fsp3) is 0.282. The van der Waals surface area contributed by atoms with Crippen LogP contribution in [0, 0.1) is 6.85 Å². The van der Waals surface area contributed by atoms with Crippen molar-refractivity contribution in [3.05, 3.63) is 232 Å². The zero-order valence-corrected chi connectivity index (χ0v) is 44.0. The third-order valence-electron chi connectivity index (χ3n) is 15.3. The maximum Gasteiger partial charge on any atom is 0.144 e. The van der Waals surface area contributed by atoms with Gasteiger partial charge in [-0.05, 0) is 153 Å². The first-order valence-electron chi connectivity index (χ1n) is 31.0. The predicted molar refractivity (Wildman–Crippen MR) is 314 cm³/mol. The van der Waals surface area contributed by atoms with Crippen molar-refractivity contribution in [2.24, 2.45) is 0 Å². The molecule has 0 spiro atoms. The number of furan rings is 1. The van der Waals surface area contributed by atoms with E-state index in [1.54, 1.807) is 44.2 Å². The van der Waals surface area contributed by atoms with Gasteiger partial charge in [-0.15, -0.1) is 0 Å². The minimum Gasteiger partial charge on any atom is -0.455 e. The van der Waals surface area contributed by atoms with Gasteiger partial charge in [-0.2, -0.15) is 0 Å². The van der Waals surface area contributed by atoms with Crippen LogP contribution in [0.1, 0.15) is 148 Å². The Kier molecular flexibility index (Phi) is 11.2. The molecule has 0 bridgehead atoms. The normalized spacial score (nSPS) is 16.4. The number of fused-ring (bicyclic) bond motifs is 3. The summed E-state index contributed by atoms with van der Waals surface area (Å²) in [6, 6.07) is 52.1. The van der Waals surface area contributed by atoms with Gasteiger partial charge in [0, 0.05) is 58.4 Å². The van der Waals surface area contributed by atoms with Gasteiger partial charge >= 0.3 is 0 Å². The maximum atomic E-state index is 10.3. The molecular weight excluding hydrogens is 911 g/mol. The van der Waals surface area contributed by atoms with Crippen molar-refractivity contribution in [2.45, 2.75) is 129 Å².